The van der Waals surface area contributed by atoms with Gasteiger partial charge in [0.15, 0.2) is 0 Å². The molecule has 210 valence electrons. The first-order valence-corrected chi connectivity index (χ1v) is 13.9. The fourth-order valence-corrected chi connectivity index (χ4v) is 6.18. The fourth-order valence-electron chi connectivity index (χ4n) is 6.00. The molecule has 9 heteroatoms. The summed E-state index contributed by atoms with van der Waals surface area (Å²) in [5.41, 5.74) is 6.54. The zero-order valence-electron chi connectivity index (χ0n) is 22.9. The molecular weight excluding hydrogens is 537 g/mol. The van der Waals surface area contributed by atoms with Gasteiger partial charge in [0.1, 0.15) is 5.82 Å². The molecule has 0 saturated heterocycles. The fraction of sp³-hybridized carbons (Fsp3) is 0.387. The SMILES string of the molecule is C=C(CC1=CN=C(C[C@H]2CC(c3cccc(CC)c3C)c3cc(Cl)ccc3-n3c2nnc3C(F)(F)F)C1)OCC. The average molecular weight is 569 g/mol. The van der Waals surface area contributed by atoms with Crippen LogP contribution in [0.2, 0.25) is 5.02 Å². The van der Waals surface area contributed by atoms with Crippen LogP contribution in [0.5, 0.6) is 0 Å². The minimum absolute atomic E-state index is 0.194. The number of nitrogens with zero attached hydrogens (tertiary/aromatic N) is 4. The summed E-state index contributed by atoms with van der Waals surface area (Å²) < 4.78 is 49.5. The minimum Gasteiger partial charge on any atom is -0.499 e. The molecule has 0 saturated carbocycles. The van der Waals surface area contributed by atoms with Gasteiger partial charge in [-0.25, -0.2) is 0 Å². The Morgan fingerprint density at radius 1 is 1.15 bits per heavy atom. The molecule has 3 heterocycles. The van der Waals surface area contributed by atoms with Crippen molar-refractivity contribution in [2.24, 2.45) is 4.99 Å². The Bertz CT molecular complexity index is 1500. The summed E-state index contributed by atoms with van der Waals surface area (Å²) in [6.07, 6.45) is 0.207. The molecule has 0 fully saturated rings. The zero-order valence-corrected chi connectivity index (χ0v) is 23.6. The molecule has 1 aromatic heterocycles. The van der Waals surface area contributed by atoms with E-state index in [0.717, 1.165) is 34.4 Å². The maximum absolute atomic E-state index is 14.3. The smallest absolute Gasteiger partial charge is 0.452 e. The largest absolute Gasteiger partial charge is 0.499 e. The summed E-state index contributed by atoms with van der Waals surface area (Å²) in [7, 11) is 0. The molecule has 40 heavy (non-hydrogen) atoms. The van der Waals surface area contributed by atoms with Gasteiger partial charge in [0.25, 0.3) is 0 Å². The van der Waals surface area contributed by atoms with Crippen molar-refractivity contribution < 1.29 is 17.9 Å². The van der Waals surface area contributed by atoms with Crippen LogP contribution in [-0.4, -0.2) is 27.1 Å². The van der Waals surface area contributed by atoms with Gasteiger partial charge < -0.3 is 4.74 Å². The van der Waals surface area contributed by atoms with Gasteiger partial charge in [-0.05, 0) is 79.1 Å². The number of ether oxygens (including phenoxy) is 1. The van der Waals surface area contributed by atoms with Crippen LogP contribution in [0.1, 0.15) is 85.3 Å². The molecule has 0 aliphatic carbocycles. The second-order valence-electron chi connectivity index (χ2n) is 10.4. The number of aromatic nitrogens is 3. The Morgan fingerprint density at radius 2 is 1.95 bits per heavy atom. The van der Waals surface area contributed by atoms with E-state index < -0.39 is 12.0 Å². The standard InChI is InChI=1S/C31H32ClF3N4O/c1-5-21-8-7-9-25(19(21)4)26-15-22(14-24-13-20(17-36-24)12-18(3)40-6-2)29-37-38-30(31(33,34)35)39(29)28-11-10-23(32)16-27(26)28/h7-11,16-17,22,26H,3,5-6,12-15H2,1-2,4H3/t22-,26?/m0/s1. The van der Waals surface area contributed by atoms with Crippen molar-refractivity contribution in [1.29, 1.82) is 0 Å². The van der Waals surface area contributed by atoms with E-state index in [0.29, 0.717) is 48.8 Å². The number of benzene rings is 2. The van der Waals surface area contributed by atoms with Crippen LogP contribution in [0.4, 0.5) is 13.2 Å². The molecule has 2 aliphatic heterocycles. The topological polar surface area (TPSA) is 52.3 Å². The minimum atomic E-state index is -4.68. The summed E-state index contributed by atoms with van der Waals surface area (Å²) >= 11 is 6.46. The molecular formula is C31H32ClF3N4O. The maximum atomic E-state index is 14.3. The number of rotatable bonds is 8. The van der Waals surface area contributed by atoms with Crippen LogP contribution >= 0.6 is 11.6 Å². The van der Waals surface area contributed by atoms with Gasteiger partial charge in [-0.1, -0.05) is 43.3 Å². The molecule has 2 aromatic carbocycles. The number of hydrogen-bond acceptors (Lipinski definition) is 4. The van der Waals surface area contributed by atoms with Crippen molar-refractivity contribution in [2.45, 2.75) is 70.9 Å². The Hall–Kier alpha value is -3.39. The highest BCUT2D eigenvalue weighted by atomic mass is 35.5. The Balaban J connectivity index is 1.59. The van der Waals surface area contributed by atoms with E-state index in [2.05, 4.69) is 47.7 Å². The van der Waals surface area contributed by atoms with Crippen LogP contribution < -0.4 is 0 Å². The number of halogens is 4. The van der Waals surface area contributed by atoms with E-state index in [1.165, 1.54) is 10.1 Å². The van der Waals surface area contributed by atoms with E-state index in [1.807, 2.05) is 19.2 Å². The Kier molecular flexibility index (Phi) is 7.91. The average Bonchev–Trinajstić information content (AvgIpc) is 3.51. The van der Waals surface area contributed by atoms with E-state index in [1.54, 1.807) is 18.2 Å². The Morgan fingerprint density at radius 3 is 2.67 bits per heavy atom. The number of aliphatic imine (C=N–C) groups is 1. The third-order valence-electron chi connectivity index (χ3n) is 7.79. The van der Waals surface area contributed by atoms with Crippen molar-refractivity contribution in [3.63, 3.8) is 0 Å². The third kappa shape index (κ3) is 5.46. The highest BCUT2D eigenvalue weighted by Gasteiger charge is 2.43. The Labute approximate surface area is 237 Å². The van der Waals surface area contributed by atoms with Crippen molar-refractivity contribution in [1.82, 2.24) is 14.8 Å². The number of allylic oxidation sites excluding steroid dienone is 1. The second kappa shape index (κ2) is 11.2. The molecule has 0 amide bonds. The van der Waals surface area contributed by atoms with Gasteiger partial charge in [-0.15, -0.1) is 10.2 Å². The summed E-state index contributed by atoms with van der Waals surface area (Å²) in [5, 5.41) is 8.28. The van der Waals surface area contributed by atoms with E-state index >= 15 is 0 Å². The van der Waals surface area contributed by atoms with E-state index in [4.69, 9.17) is 16.3 Å². The lowest BCUT2D eigenvalue weighted by Gasteiger charge is -2.24. The normalized spacial score (nSPS) is 18.5. The van der Waals surface area contributed by atoms with Crippen LogP contribution in [0, 0.1) is 6.92 Å². The molecule has 5 rings (SSSR count). The monoisotopic (exact) mass is 568 g/mol. The lowest BCUT2D eigenvalue weighted by molar-refractivity contribution is -0.146. The molecule has 0 bridgehead atoms. The van der Waals surface area contributed by atoms with Crippen molar-refractivity contribution in [2.75, 3.05) is 6.61 Å². The summed E-state index contributed by atoms with van der Waals surface area (Å²) in [4.78, 5) is 4.65. The van der Waals surface area contributed by atoms with Gasteiger partial charge in [-0.3, -0.25) is 9.56 Å². The number of aryl methyl sites for hydroxylation is 1. The number of hydrogen-bond donors (Lipinski definition) is 0. The van der Waals surface area contributed by atoms with Gasteiger partial charge >= 0.3 is 6.18 Å². The van der Waals surface area contributed by atoms with Crippen LogP contribution in [0.15, 0.2) is 65.5 Å². The third-order valence-corrected chi connectivity index (χ3v) is 8.03. The second-order valence-corrected chi connectivity index (χ2v) is 10.8. The quantitative estimate of drug-likeness (QED) is 0.256. The summed E-state index contributed by atoms with van der Waals surface area (Å²) in [6.45, 7) is 10.6. The first-order valence-electron chi connectivity index (χ1n) is 13.5. The first-order chi connectivity index (χ1) is 19.1. The van der Waals surface area contributed by atoms with Crippen LogP contribution in [0.25, 0.3) is 5.69 Å². The number of fused-ring (bicyclic) bond motifs is 3. The molecule has 3 aromatic rings. The number of alkyl halides is 3. The van der Waals surface area contributed by atoms with Crippen molar-refractivity contribution >= 4 is 17.3 Å². The molecule has 0 spiro atoms. The maximum Gasteiger partial charge on any atom is 0.452 e. The van der Waals surface area contributed by atoms with Crippen LogP contribution in [-0.2, 0) is 17.3 Å². The molecule has 1 unspecified atom stereocenters. The molecule has 2 aliphatic rings. The predicted octanol–water partition coefficient (Wildman–Crippen LogP) is 8.49. The van der Waals surface area contributed by atoms with E-state index in [9.17, 15) is 13.2 Å². The first kappa shape index (κ1) is 28.1. The lowest BCUT2D eigenvalue weighted by atomic mass is 9.79. The van der Waals surface area contributed by atoms with E-state index in [-0.39, 0.29) is 17.7 Å². The highest BCUT2D eigenvalue weighted by Crippen LogP contribution is 2.47. The molecule has 0 radical (unpaired) electrons. The zero-order chi connectivity index (χ0) is 28.6. The molecule has 5 nitrogen and oxygen atoms in total. The predicted molar refractivity (Wildman–Crippen MR) is 151 cm³/mol. The van der Waals surface area contributed by atoms with Crippen LogP contribution in [0.3, 0.4) is 0 Å². The van der Waals surface area contributed by atoms with Gasteiger partial charge in [-0.2, -0.15) is 13.2 Å². The summed E-state index contributed by atoms with van der Waals surface area (Å²) in [5.74, 6) is -0.618. The van der Waals surface area contributed by atoms with Crippen molar-refractivity contribution in [3.05, 3.63) is 99.4 Å². The van der Waals surface area contributed by atoms with Crippen molar-refractivity contribution in [3.8, 4) is 5.69 Å². The van der Waals surface area contributed by atoms with Gasteiger partial charge in [0.05, 0.1) is 18.1 Å². The highest BCUT2D eigenvalue weighted by molar-refractivity contribution is 6.30. The van der Waals surface area contributed by atoms with Gasteiger partial charge in [0.2, 0.25) is 5.82 Å². The lowest BCUT2D eigenvalue weighted by Crippen LogP contribution is -2.17. The summed E-state index contributed by atoms with van der Waals surface area (Å²) in [6, 6.07) is 11.3. The molecule has 2 atom stereocenters. The van der Waals surface area contributed by atoms with Gasteiger partial charge in [0, 0.05) is 41.6 Å². The molecule has 0 N–H and O–H groups in total.